The number of nitrogens with one attached hydrogen (secondary N) is 1. The van der Waals surface area contributed by atoms with Crippen LogP contribution in [0.3, 0.4) is 0 Å². The maximum absolute atomic E-state index is 12.4. The fraction of sp³-hybridized carbons (Fsp3) is 0.409. The molecule has 3 rings (SSSR count). The summed E-state index contributed by atoms with van der Waals surface area (Å²) in [5, 5.41) is 3.12. The summed E-state index contributed by atoms with van der Waals surface area (Å²) in [5.41, 5.74) is 4.80. The first-order valence-electron chi connectivity index (χ1n) is 9.31. The third-order valence-corrected chi connectivity index (χ3v) is 4.83. The molecule has 1 fully saturated rings. The van der Waals surface area contributed by atoms with E-state index in [1.165, 1.54) is 16.7 Å². The van der Waals surface area contributed by atoms with Crippen molar-refractivity contribution in [3.05, 3.63) is 59.7 Å². The number of carbonyl (C=O) groups excluding carboxylic acids is 1. The van der Waals surface area contributed by atoms with Crippen molar-refractivity contribution in [2.45, 2.75) is 25.9 Å². The van der Waals surface area contributed by atoms with Gasteiger partial charge in [-0.15, -0.1) is 0 Å². The molecule has 0 radical (unpaired) electrons. The van der Waals surface area contributed by atoms with Crippen LogP contribution >= 0.6 is 0 Å². The van der Waals surface area contributed by atoms with Crippen LogP contribution in [0.5, 0.6) is 0 Å². The van der Waals surface area contributed by atoms with Gasteiger partial charge in [-0.25, -0.2) is 0 Å². The number of nitrogens with zero attached hydrogens (tertiary/aromatic N) is 1. The first-order chi connectivity index (χ1) is 12.6. The van der Waals surface area contributed by atoms with E-state index in [0.29, 0.717) is 19.8 Å². The van der Waals surface area contributed by atoms with Crippen LogP contribution in [0.15, 0.2) is 48.5 Å². The fourth-order valence-corrected chi connectivity index (χ4v) is 3.40. The Morgan fingerprint density at radius 1 is 1.08 bits per heavy atom. The molecule has 1 aliphatic heterocycles. The summed E-state index contributed by atoms with van der Waals surface area (Å²) < 4.78 is 5.34. The maximum Gasteiger partial charge on any atom is 0.223 e. The zero-order chi connectivity index (χ0) is 18.4. The van der Waals surface area contributed by atoms with E-state index in [2.05, 4.69) is 60.7 Å². The zero-order valence-electron chi connectivity index (χ0n) is 15.7. The molecule has 1 amide bonds. The Bertz CT molecular complexity index is 719. The van der Waals surface area contributed by atoms with Crippen molar-refractivity contribution in [2.24, 2.45) is 5.92 Å². The van der Waals surface area contributed by atoms with Crippen molar-refractivity contribution in [3.8, 4) is 11.1 Å². The lowest BCUT2D eigenvalue weighted by Crippen LogP contribution is -2.33. The van der Waals surface area contributed by atoms with Gasteiger partial charge in [-0.05, 0) is 49.2 Å². The van der Waals surface area contributed by atoms with Crippen LogP contribution < -0.4 is 5.32 Å². The van der Waals surface area contributed by atoms with Gasteiger partial charge < -0.3 is 15.0 Å². The Kier molecular flexibility index (Phi) is 6.42. The average Bonchev–Trinajstić information content (AvgIpc) is 2.67. The minimum atomic E-state index is 0.0845. The highest BCUT2D eigenvalue weighted by Crippen LogP contribution is 2.24. The Morgan fingerprint density at radius 2 is 1.77 bits per heavy atom. The third kappa shape index (κ3) is 4.93. The van der Waals surface area contributed by atoms with E-state index in [4.69, 9.17) is 4.74 Å². The number of carbonyl (C=O) groups is 1. The molecule has 1 N–H and O–H groups in total. The molecule has 1 aliphatic rings. The molecular formula is C22H28N2O2. The molecule has 2 aromatic rings. The highest BCUT2D eigenvalue weighted by Gasteiger charge is 2.21. The van der Waals surface area contributed by atoms with E-state index in [0.717, 1.165) is 24.9 Å². The second-order valence-corrected chi connectivity index (χ2v) is 7.20. The normalized spacial score (nSPS) is 15.2. The lowest BCUT2D eigenvalue weighted by molar-refractivity contribution is -0.128. The molecule has 26 heavy (non-hydrogen) atoms. The molecule has 0 spiro atoms. The van der Waals surface area contributed by atoms with Crippen molar-refractivity contribution in [1.29, 1.82) is 0 Å². The van der Waals surface area contributed by atoms with Gasteiger partial charge in [0, 0.05) is 32.2 Å². The van der Waals surface area contributed by atoms with Gasteiger partial charge in [0.2, 0.25) is 5.91 Å². The van der Waals surface area contributed by atoms with Gasteiger partial charge in [-0.1, -0.05) is 48.5 Å². The van der Waals surface area contributed by atoms with Crippen LogP contribution in [0.25, 0.3) is 11.1 Å². The number of hydrogen-bond acceptors (Lipinski definition) is 3. The van der Waals surface area contributed by atoms with Gasteiger partial charge in [0.15, 0.2) is 0 Å². The summed E-state index contributed by atoms with van der Waals surface area (Å²) in [4.78, 5) is 14.6. The van der Waals surface area contributed by atoms with Gasteiger partial charge in [0.25, 0.3) is 0 Å². The van der Waals surface area contributed by atoms with E-state index >= 15 is 0 Å². The van der Waals surface area contributed by atoms with Gasteiger partial charge >= 0.3 is 0 Å². The average molecular weight is 352 g/mol. The van der Waals surface area contributed by atoms with Crippen LogP contribution in [0.2, 0.25) is 0 Å². The largest absolute Gasteiger partial charge is 0.381 e. The lowest BCUT2D eigenvalue weighted by Gasteiger charge is -2.21. The van der Waals surface area contributed by atoms with E-state index < -0.39 is 0 Å². The van der Waals surface area contributed by atoms with E-state index in [1.807, 2.05) is 12.1 Å². The SMILES string of the molecule is CN(C)Cc1ccc(-c2ccccc2CNC(=O)C2CCOCC2)cc1. The van der Waals surface area contributed by atoms with Crippen LogP contribution in [0.1, 0.15) is 24.0 Å². The summed E-state index contributed by atoms with van der Waals surface area (Å²) in [6, 6.07) is 17.0. The Labute approximate surface area is 156 Å². The summed E-state index contributed by atoms with van der Waals surface area (Å²) >= 11 is 0. The summed E-state index contributed by atoms with van der Waals surface area (Å²) in [5.74, 6) is 0.227. The minimum absolute atomic E-state index is 0.0845. The van der Waals surface area contributed by atoms with Crippen molar-refractivity contribution >= 4 is 5.91 Å². The molecule has 0 bridgehead atoms. The molecule has 1 heterocycles. The first kappa shape index (κ1) is 18.6. The number of hydrogen-bond donors (Lipinski definition) is 1. The smallest absolute Gasteiger partial charge is 0.223 e. The van der Waals surface area contributed by atoms with Crippen LogP contribution in [-0.2, 0) is 22.6 Å². The lowest BCUT2D eigenvalue weighted by atomic mass is 9.97. The number of amides is 1. The number of benzene rings is 2. The molecule has 0 unspecified atom stereocenters. The van der Waals surface area contributed by atoms with Gasteiger partial charge in [0.05, 0.1) is 0 Å². The number of ether oxygens (including phenoxy) is 1. The summed E-state index contributed by atoms with van der Waals surface area (Å²) in [6.07, 6.45) is 1.64. The standard InChI is InChI=1S/C22H28N2O2/c1-24(2)16-17-7-9-18(10-8-17)21-6-4-3-5-20(21)15-23-22(25)19-11-13-26-14-12-19/h3-10,19H,11-16H2,1-2H3,(H,23,25). The summed E-state index contributed by atoms with van der Waals surface area (Å²) in [7, 11) is 4.15. The molecule has 0 saturated carbocycles. The van der Waals surface area contributed by atoms with Crippen LogP contribution in [0, 0.1) is 5.92 Å². The Balaban J connectivity index is 1.68. The predicted octanol–water partition coefficient (Wildman–Crippen LogP) is 3.46. The van der Waals surface area contributed by atoms with E-state index in [1.54, 1.807) is 0 Å². The topological polar surface area (TPSA) is 41.6 Å². The Hall–Kier alpha value is -2.17. The molecular weight excluding hydrogens is 324 g/mol. The van der Waals surface area contributed by atoms with Crippen molar-refractivity contribution in [2.75, 3.05) is 27.3 Å². The quantitative estimate of drug-likeness (QED) is 0.866. The monoisotopic (exact) mass is 352 g/mol. The Morgan fingerprint density at radius 3 is 2.46 bits per heavy atom. The van der Waals surface area contributed by atoms with E-state index in [9.17, 15) is 4.79 Å². The van der Waals surface area contributed by atoms with Crippen molar-refractivity contribution in [3.63, 3.8) is 0 Å². The second-order valence-electron chi connectivity index (χ2n) is 7.20. The number of rotatable bonds is 6. The molecule has 4 heteroatoms. The second kappa shape index (κ2) is 8.97. The van der Waals surface area contributed by atoms with Gasteiger partial charge in [-0.3, -0.25) is 4.79 Å². The van der Waals surface area contributed by atoms with Crippen LogP contribution in [-0.4, -0.2) is 38.1 Å². The first-order valence-corrected chi connectivity index (χ1v) is 9.31. The van der Waals surface area contributed by atoms with Crippen molar-refractivity contribution < 1.29 is 9.53 Å². The van der Waals surface area contributed by atoms with Crippen molar-refractivity contribution in [1.82, 2.24) is 10.2 Å². The fourth-order valence-electron chi connectivity index (χ4n) is 3.40. The summed E-state index contributed by atoms with van der Waals surface area (Å²) in [6.45, 7) is 2.87. The molecule has 2 aromatic carbocycles. The molecule has 0 aliphatic carbocycles. The third-order valence-electron chi connectivity index (χ3n) is 4.83. The highest BCUT2D eigenvalue weighted by molar-refractivity contribution is 5.79. The highest BCUT2D eigenvalue weighted by atomic mass is 16.5. The van der Waals surface area contributed by atoms with Gasteiger partial charge in [0.1, 0.15) is 0 Å². The predicted molar refractivity (Wildman–Crippen MR) is 105 cm³/mol. The van der Waals surface area contributed by atoms with Crippen LogP contribution in [0.4, 0.5) is 0 Å². The maximum atomic E-state index is 12.4. The molecule has 1 saturated heterocycles. The van der Waals surface area contributed by atoms with E-state index in [-0.39, 0.29) is 11.8 Å². The molecule has 4 nitrogen and oxygen atoms in total. The molecule has 138 valence electrons. The zero-order valence-corrected chi connectivity index (χ0v) is 15.7. The molecule has 0 aromatic heterocycles. The minimum Gasteiger partial charge on any atom is -0.381 e. The molecule has 0 atom stereocenters. The van der Waals surface area contributed by atoms with Gasteiger partial charge in [-0.2, -0.15) is 0 Å².